The Morgan fingerprint density at radius 2 is 2.17 bits per heavy atom. The zero-order valence-corrected chi connectivity index (χ0v) is 11.1. The fourth-order valence-corrected chi connectivity index (χ4v) is 1.74. The SMILES string of the molecule is CCOCC(C)Nc1ccc(CC)c([N+](=O)[O-])c1. The van der Waals surface area contributed by atoms with Gasteiger partial charge < -0.3 is 10.1 Å². The minimum Gasteiger partial charge on any atom is -0.380 e. The first-order chi connectivity index (χ1) is 8.58. The fraction of sp³-hybridized carbons (Fsp3) is 0.538. The standard InChI is InChI=1S/C13H20N2O3/c1-4-11-6-7-12(8-13(11)15(16)17)14-10(3)9-18-5-2/h6-8,10,14H,4-5,9H2,1-3H3. The largest absolute Gasteiger partial charge is 0.380 e. The van der Waals surface area contributed by atoms with Crippen molar-refractivity contribution in [2.45, 2.75) is 33.2 Å². The van der Waals surface area contributed by atoms with Crippen LogP contribution in [0.15, 0.2) is 18.2 Å². The molecule has 0 spiro atoms. The smallest absolute Gasteiger partial charge is 0.274 e. The number of benzene rings is 1. The summed E-state index contributed by atoms with van der Waals surface area (Å²) < 4.78 is 5.29. The van der Waals surface area contributed by atoms with E-state index in [1.165, 1.54) is 0 Å². The van der Waals surface area contributed by atoms with Gasteiger partial charge in [-0.15, -0.1) is 0 Å². The highest BCUT2D eigenvalue weighted by Crippen LogP contribution is 2.24. The topological polar surface area (TPSA) is 64.4 Å². The predicted molar refractivity (Wildman–Crippen MR) is 72.1 cm³/mol. The maximum Gasteiger partial charge on any atom is 0.274 e. The Morgan fingerprint density at radius 1 is 1.44 bits per heavy atom. The summed E-state index contributed by atoms with van der Waals surface area (Å²) in [6.07, 6.45) is 0.658. The minimum atomic E-state index is -0.336. The van der Waals surface area contributed by atoms with Gasteiger partial charge in [0.25, 0.3) is 5.69 Å². The molecule has 0 bridgehead atoms. The number of anilines is 1. The molecule has 1 aromatic rings. The predicted octanol–water partition coefficient (Wildman–Crippen LogP) is 2.99. The Hall–Kier alpha value is -1.62. The minimum absolute atomic E-state index is 0.122. The van der Waals surface area contributed by atoms with Gasteiger partial charge in [0.15, 0.2) is 0 Å². The lowest BCUT2D eigenvalue weighted by molar-refractivity contribution is -0.385. The molecule has 1 N–H and O–H groups in total. The van der Waals surface area contributed by atoms with E-state index in [0.717, 1.165) is 11.3 Å². The van der Waals surface area contributed by atoms with Gasteiger partial charge in [-0.25, -0.2) is 0 Å². The van der Waals surface area contributed by atoms with Crippen molar-refractivity contribution in [1.82, 2.24) is 0 Å². The van der Waals surface area contributed by atoms with Gasteiger partial charge in [0, 0.05) is 30.0 Å². The summed E-state index contributed by atoms with van der Waals surface area (Å²) in [5.41, 5.74) is 1.68. The summed E-state index contributed by atoms with van der Waals surface area (Å²) in [7, 11) is 0. The third kappa shape index (κ3) is 4.00. The Labute approximate surface area is 107 Å². The molecule has 0 saturated heterocycles. The summed E-state index contributed by atoms with van der Waals surface area (Å²) in [5, 5.41) is 14.1. The highest BCUT2D eigenvalue weighted by atomic mass is 16.6. The molecule has 0 aliphatic rings. The lowest BCUT2D eigenvalue weighted by atomic mass is 10.1. The molecule has 1 rings (SSSR count). The highest BCUT2D eigenvalue weighted by Gasteiger charge is 2.13. The van der Waals surface area contributed by atoms with Crippen LogP contribution in [0.25, 0.3) is 0 Å². The van der Waals surface area contributed by atoms with Gasteiger partial charge in [0.1, 0.15) is 0 Å². The molecule has 0 fully saturated rings. The number of nitro groups is 1. The van der Waals surface area contributed by atoms with E-state index in [1.807, 2.05) is 26.8 Å². The average molecular weight is 252 g/mol. The van der Waals surface area contributed by atoms with E-state index in [-0.39, 0.29) is 16.7 Å². The third-order valence-corrected chi connectivity index (χ3v) is 2.65. The van der Waals surface area contributed by atoms with Crippen LogP contribution in [0.2, 0.25) is 0 Å². The molecule has 1 unspecified atom stereocenters. The van der Waals surface area contributed by atoms with E-state index in [1.54, 1.807) is 12.1 Å². The molecule has 0 radical (unpaired) electrons. The van der Waals surface area contributed by atoms with Crippen molar-refractivity contribution in [3.05, 3.63) is 33.9 Å². The molecule has 5 heteroatoms. The van der Waals surface area contributed by atoms with Gasteiger partial charge in [-0.2, -0.15) is 0 Å². The van der Waals surface area contributed by atoms with E-state index in [2.05, 4.69) is 5.32 Å². The maximum absolute atomic E-state index is 10.9. The Balaban J connectivity index is 2.78. The number of aryl methyl sites for hydroxylation is 1. The van der Waals surface area contributed by atoms with Crippen molar-refractivity contribution >= 4 is 11.4 Å². The van der Waals surface area contributed by atoms with Crippen LogP contribution in [0.4, 0.5) is 11.4 Å². The summed E-state index contributed by atoms with van der Waals surface area (Å²) in [6, 6.07) is 5.38. The molecule has 1 aromatic carbocycles. The molecule has 18 heavy (non-hydrogen) atoms. The van der Waals surface area contributed by atoms with Crippen LogP contribution in [-0.4, -0.2) is 24.2 Å². The van der Waals surface area contributed by atoms with Crippen molar-refractivity contribution in [1.29, 1.82) is 0 Å². The molecule has 100 valence electrons. The molecule has 1 atom stereocenters. The Bertz CT molecular complexity index is 407. The van der Waals surface area contributed by atoms with Crippen LogP contribution in [-0.2, 0) is 11.2 Å². The van der Waals surface area contributed by atoms with Crippen molar-refractivity contribution in [2.24, 2.45) is 0 Å². The maximum atomic E-state index is 10.9. The summed E-state index contributed by atoms with van der Waals surface area (Å²) in [6.45, 7) is 7.08. The van der Waals surface area contributed by atoms with Crippen molar-refractivity contribution < 1.29 is 9.66 Å². The molecule has 0 amide bonds. The van der Waals surface area contributed by atoms with Crippen LogP contribution in [0.5, 0.6) is 0 Å². The van der Waals surface area contributed by atoms with E-state index >= 15 is 0 Å². The van der Waals surface area contributed by atoms with Gasteiger partial charge in [-0.05, 0) is 26.3 Å². The first-order valence-electron chi connectivity index (χ1n) is 6.20. The van der Waals surface area contributed by atoms with E-state index in [4.69, 9.17) is 4.74 Å². The normalized spacial score (nSPS) is 12.2. The molecule has 0 aromatic heterocycles. The summed E-state index contributed by atoms with van der Waals surface area (Å²) >= 11 is 0. The van der Waals surface area contributed by atoms with Crippen molar-refractivity contribution in [2.75, 3.05) is 18.5 Å². The number of nitrogens with one attached hydrogen (secondary N) is 1. The summed E-state index contributed by atoms with van der Waals surface area (Å²) in [5.74, 6) is 0. The fourth-order valence-electron chi connectivity index (χ4n) is 1.74. The van der Waals surface area contributed by atoms with Crippen molar-refractivity contribution in [3.63, 3.8) is 0 Å². The van der Waals surface area contributed by atoms with Crippen LogP contribution < -0.4 is 5.32 Å². The second-order valence-corrected chi connectivity index (χ2v) is 4.16. The monoisotopic (exact) mass is 252 g/mol. The van der Waals surface area contributed by atoms with Gasteiger partial charge in [0.2, 0.25) is 0 Å². The van der Waals surface area contributed by atoms with Crippen LogP contribution >= 0.6 is 0 Å². The Morgan fingerprint density at radius 3 is 2.72 bits per heavy atom. The number of ether oxygens (including phenoxy) is 1. The second-order valence-electron chi connectivity index (χ2n) is 4.16. The molecule has 0 heterocycles. The van der Waals surface area contributed by atoms with Gasteiger partial charge in [0.05, 0.1) is 11.5 Å². The van der Waals surface area contributed by atoms with E-state index < -0.39 is 0 Å². The lowest BCUT2D eigenvalue weighted by Crippen LogP contribution is -2.21. The van der Waals surface area contributed by atoms with E-state index in [0.29, 0.717) is 19.6 Å². The zero-order valence-electron chi connectivity index (χ0n) is 11.1. The summed E-state index contributed by atoms with van der Waals surface area (Å²) in [4.78, 5) is 10.6. The van der Waals surface area contributed by atoms with Crippen molar-refractivity contribution in [3.8, 4) is 0 Å². The Kier molecular flexibility index (Phi) is 5.58. The zero-order chi connectivity index (χ0) is 13.5. The van der Waals surface area contributed by atoms with Crippen LogP contribution in [0.1, 0.15) is 26.3 Å². The second kappa shape index (κ2) is 6.96. The number of hydrogen-bond donors (Lipinski definition) is 1. The number of rotatable bonds is 7. The van der Waals surface area contributed by atoms with Crippen LogP contribution in [0, 0.1) is 10.1 Å². The molecule has 5 nitrogen and oxygen atoms in total. The van der Waals surface area contributed by atoms with Gasteiger partial charge in [-0.1, -0.05) is 13.0 Å². The molecular weight excluding hydrogens is 232 g/mol. The average Bonchev–Trinajstić information content (AvgIpc) is 2.36. The number of nitrogens with zero attached hydrogens (tertiary/aromatic N) is 1. The number of nitro benzene ring substituents is 1. The quantitative estimate of drug-likeness (QED) is 0.598. The van der Waals surface area contributed by atoms with Gasteiger partial charge in [-0.3, -0.25) is 10.1 Å². The van der Waals surface area contributed by atoms with Gasteiger partial charge >= 0.3 is 0 Å². The molecular formula is C13H20N2O3. The van der Waals surface area contributed by atoms with Crippen LogP contribution in [0.3, 0.4) is 0 Å². The number of hydrogen-bond acceptors (Lipinski definition) is 4. The molecule has 0 saturated carbocycles. The first-order valence-corrected chi connectivity index (χ1v) is 6.20. The first kappa shape index (κ1) is 14.4. The molecule has 0 aliphatic heterocycles. The lowest BCUT2D eigenvalue weighted by Gasteiger charge is -2.15. The third-order valence-electron chi connectivity index (χ3n) is 2.65. The molecule has 0 aliphatic carbocycles. The van der Waals surface area contributed by atoms with E-state index in [9.17, 15) is 10.1 Å². The highest BCUT2D eigenvalue weighted by molar-refractivity contribution is 5.55.